The number of nitrogens with one attached hydrogen (secondary N) is 1. The van der Waals surface area contributed by atoms with Crippen LogP contribution in [0.3, 0.4) is 0 Å². The van der Waals surface area contributed by atoms with Crippen LogP contribution in [0.1, 0.15) is 53.4 Å². The van der Waals surface area contributed by atoms with E-state index in [1.165, 1.54) is 19.3 Å². The molecule has 0 spiro atoms. The van der Waals surface area contributed by atoms with Crippen LogP contribution in [-0.4, -0.2) is 48.7 Å². The molecule has 1 aliphatic heterocycles. The third-order valence-corrected chi connectivity index (χ3v) is 3.85. The Balaban J connectivity index is 2.64. The van der Waals surface area contributed by atoms with Gasteiger partial charge in [-0.3, -0.25) is 9.69 Å². The molecular weight excluding hydrogens is 240 g/mol. The minimum Gasteiger partial charge on any atom is -0.465 e. The second-order valence-corrected chi connectivity index (χ2v) is 5.61. The third kappa shape index (κ3) is 5.11. The van der Waals surface area contributed by atoms with Crippen LogP contribution < -0.4 is 5.32 Å². The fraction of sp³-hybridized carbons (Fsp3) is 0.933. The van der Waals surface area contributed by atoms with Gasteiger partial charge in [0.05, 0.1) is 6.61 Å². The smallest absolute Gasteiger partial charge is 0.323 e. The van der Waals surface area contributed by atoms with E-state index < -0.39 is 0 Å². The van der Waals surface area contributed by atoms with E-state index in [9.17, 15) is 4.79 Å². The van der Waals surface area contributed by atoms with E-state index >= 15 is 0 Å². The van der Waals surface area contributed by atoms with Crippen molar-refractivity contribution in [3.8, 4) is 0 Å². The Bertz CT molecular complexity index is 263. The summed E-state index contributed by atoms with van der Waals surface area (Å²) in [5, 5.41) is 3.56. The van der Waals surface area contributed by atoms with Crippen LogP contribution in [-0.2, 0) is 9.53 Å². The van der Waals surface area contributed by atoms with E-state index in [-0.39, 0.29) is 12.0 Å². The van der Waals surface area contributed by atoms with Gasteiger partial charge >= 0.3 is 5.97 Å². The second-order valence-electron chi connectivity index (χ2n) is 5.61. The molecule has 1 fully saturated rings. The van der Waals surface area contributed by atoms with E-state index in [4.69, 9.17) is 4.74 Å². The summed E-state index contributed by atoms with van der Waals surface area (Å²) in [4.78, 5) is 14.4. The molecule has 112 valence electrons. The van der Waals surface area contributed by atoms with E-state index in [1.54, 1.807) is 0 Å². The molecule has 0 bridgehead atoms. The molecule has 1 heterocycles. The van der Waals surface area contributed by atoms with Crippen LogP contribution in [0, 0.1) is 0 Å². The molecule has 1 saturated heterocycles. The number of esters is 1. The highest BCUT2D eigenvalue weighted by atomic mass is 16.5. The van der Waals surface area contributed by atoms with Crippen LogP contribution in [0.4, 0.5) is 0 Å². The molecule has 0 aromatic rings. The molecule has 1 N–H and O–H groups in total. The van der Waals surface area contributed by atoms with Gasteiger partial charge in [0.2, 0.25) is 0 Å². The fourth-order valence-electron chi connectivity index (χ4n) is 2.81. The molecule has 0 radical (unpaired) electrons. The van der Waals surface area contributed by atoms with Crippen molar-refractivity contribution >= 4 is 5.97 Å². The first-order valence-electron chi connectivity index (χ1n) is 7.75. The molecule has 0 aromatic carbocycles. The van der Waals surface area contributed by atoms with Crippen LogP contribution in [0.15, 0.2) is 0 Å². The van der Waals surface area contributed by atoms with Gasteiger partial charge in [-0.25, -0.2) is 0 Å². The predicted molar refractivity (Wildman–Crippen MR) is 78.2 cm³/mol. The molecule has 0 aromatic heterocycles. The summed E-state index contributed by atoms with van der Waals surface area (Å²) in [6.45, 7) is 10.7. The molecule has 0 aliphatic carbocycles. The minimum absolute atomic E-state index is 0.0745. The van der Waals surface area contributed by atoms with Crippen LogP contribution >= 0.6 is 0 Å². The van der Waals surface area contributed by atoms with E-state index in [2.05, 4.69) is 31.0 Å². The maximum Gasteiger partial charge on any atom is 0.323 e. The monoisotopic (exact) mass is 270 g/mol. The van der Waals surface area contributed by atoms with Crippen molar-refractivity contribution in [1.82, 2.24) is 10.2 Å². The molecule has 2 unspecified atom stereocenters. The van der Waals surface area contributed by atoms with Gasteiger partial charge in [-0.15, -0.1) is 0 Å². The summed E-state index contributed by atoms with van der Waals surface area (Å²) in [5.74, 6) is -0.0745. The molecule has 2 atom stereocenters. The van der Waals surface area contributed by atoms with Crippen LogP contribution in [0.25, 0.3) is 0 Å². The Kier molecular flexibility index (Phi) is 7.39. The lowest BCUT2D eigenvalue weighted by Crippen LogP contribution is -2.52. The quantitative estimate of drug-likeness (QED) is 0.720. The molecular formula is C15H30N2O2. The maximum absolute atomic E-state index is 12.1. The summed E-state index contributed by atoms with van der Waals surface area (Å²) in [6.07, 6.45) is 4.58. The number of hydrogen-bond acceptors (Lipinski definition) is 4. The molecule has 1 aliphatic rings. The first-order chi connectivity index (χ1) is 9.10. The van der Waals surface area contributed by atoms with E-state index in [1.807, 2.05) is 6.92 Å². The van der Waals surface area contributed by atoms with Crippen LogP contribution in [0.2, 0.25) is 0 Å². The number of rotatable bonds is 7. The molecule has 0 saturated carbocycles. The highest BCUT2D eigenvalue weighted by Crippen LogP contribution is 2.15. The number of hydrogen-bond donors (Lipinski definition) is 1. The van der Waals surface area contributed by atoms with Gasteiger partial charge in [0.15, 0.2) is 0 Å². The number of nitrogens with zero attached hydrogens (tertiary/aromatic N) is 1. The molecule has 4 heteroatoms. The topological polar surface area (TPSA) is 41.6 Å². The summed E-state index contributed by atoms with van der Waals surface area (Å²) in [6, 6.07) is 0.765. The van der Waals surface area contributed by atoms with Gasteiger partial charge in [-0.2, -0.15) is 0 Å². The molecule has 1 rings (SSSR count). The van der Waals surface area contributed by atoms with Gasteiger partial charge in [-0.05, 0) is 46.6 Å². The first kappa shape index (κ1) is 16.4. The number of carbonyl (C=O) groups excluding carboxylic acids is 1. The van der Waals surface area contributed by atoms with Crippen LogP contribution in [0.5, 0.6) is 0 Å². The van der Waals surface area contributed by atoms with Gasteiger partial charge in [0, 0.05) is 18.6 Å². The highest BCUT2D eigenvalue weighted by molar-refractivity contribution is 5.75. The van der Waals surface area contributed by atoms with Gasteiger partial charge < -0.3 is 10.1 Å². The average molecular weight is 270 g/mol. The van der Waals surface area contributed by atoms with Crippen molar-refractivity contribution in [2.75, 3.05) is 19.7 Å². The Morgan fingerprint density at radius 2 is 2.11 bits per heavy atom. The SMILES string of the molecule is CCOC(=O)C(CC)N(CC1CCCCN1)C(C)C. The number of ether oxygens (including phenoxy) is 1. The lowest BCUT2D eigenvalue weighted by atomic mass is 10.0. The molecule has 4 nitrogen and oxygen atoms in total. The lowest BCUT2D eigenvalue weighted by molar-refractivity contribution is -0.150. The standard InChI is InChI=1S/C15H30N2O2/c1-5-14(15(18)19-6-2)17(12(3)4)11-13-9-7-8-10-16-13/h12-14,16H,5-11H2,1-4H3. The van der Waals surface area contributed by atoms with E-state index in [0.717, 1.165) is 19.5 Å². The van der Waals surface area contributed by atoms with Gasteiger partial charge in [0.1, 0.15) is 6.04 Å². The Labute approximate surface area is 117 Å². The zero-order valence-corrected chi connectivity index (χ0v) is 12.9. The summed E-state index contributed by atoms with van der Waals surface area (Å²) in [7, 11) is 0. The largest absolute Gasteiger partial charge is 0.465 e. The Morgan fingerprint density at radius 1 is 1.37 bits per heavy atom. The zero-order valence-electron chi connectivity index (χ0n) is 12.9. The molecule has 0 amide bonds. The second kappa shape index (κ2) is 8.54. The van der Waals surface area contributed by atoms with Crippen molar-refractivity contribution in [2.45, 2.75) is 71.5 Å². The minimum atomic E-state index is -0.108. The summed E-state index contributed by atoms with van der Waals surface area (Å²) in [5.41, 5.74) is 0. The third-order valence-electron chi connectivity index (χ3n) is 3.85. The first-order valence-corrected chi connectivity index (χ1v) is 7.75. The van der Waals surface area contributed by atoms with Crippen molar-refractivity contribution in [2.24, 2.45) is 0 Å². The number of carbonyl (C=O) groups is 1. The van der Waals surface area contributed by atoms with Gasteiger partial charge in [0.25, 0.3) is 0 Å². The van der Waals surface area contributed by atoms with Crippen molar-refractivity contribution in [3.63, 3.8) is 0 Å². The fourth-order valence-corrected chi connectivity index (χ4v) is 2.81. The molecule has 19 heavy (non-hydrogen) atoms. The van der Waals surface area contributed by atoms with Crippen molar-refractivity contribution in [1.29, 1.82) is 0 Å². The Morgan fingerprint density at radius 3 is 2.58 bits per heavy atom. The normalized spacial score (nSPS) is 21.7. The van der Waals surface area contributed by atoms with Gasteiger partial charge in [-0.1, -0.05) is 13.3 Å². The number of piperidine rings is 1. The lowest BCUT2D eigenvalue weighted by Gasteiger charge is -2.37. The predicted octanol–water partition coefficient (Wildman–Crippen LogP) is 2.18. The zero-order chi connectivity index (χ0) is 14.3. The Hall–Kier alpha value is -0.610. The van der Waals surface area contributed by atoms with E-state index in [0.29, 0.717) is 18.7 Å². The highest BCUT2D eigenvalue weighted by Gasteiger charge is 2.29. The maximum atomic E-state index is 12.1. The average Bonchev–Trinajstić information content (AvgIpc) is 2.40. The van der Waals surface area contributed by atoms with Crippen molar-refractivity contribution in [3.05, 3.63) is 0 Å². The summed E-state index contributed by atoms with van der Waals surface area (Å²) < 4.78 is 5.21. The summed E-state index contributed by atoms with van der Waals surface area (Å²) >= 11 is 0. The van der Waals surface area contributed by atoms with Crippen molar-refractivity contribution < 1.29 is 9.53 Å².